The molecule has 0 radical (unpaired) electrons. The zero-order valence-corrected chi connectivity index (χ0v) is 6.97. The van der Waals surface area contributed by atoms with Gasteiger partial charge in [-0.1, -0.05) is 6.07 Å². The largest absolute Gasteiger partial charge is 0.329 e. The number of aromatic nitrogens is 2. The summed E-state index contributed by atoms with van der Waals surface area (Å²) in [4.78, 5) is 7.69. The highest BCUT2D eigenvalue weighted by Gasteiger charge is 2.02. The van der Waals surface area contributed by atoms with E-state index in [-0.39, 0.29) is 0 Å². The highest BCUT2D eigenvalue weighted by molar-refractivity contribution is 7.80. The van der Waals surface area contributed by atoms with E-state index in [1.165, 1.54) is 0 Å². The lowest BCUT2D eigenvalue weighted by Crippen LogP contribution is -1.72. The van der Waals surface area contributed by atoms with E-state index in [2.05, 4.69) is 22.6 Å². The Hall–Kier alpha value is -1.47. The second-order valence-electron chi connectivity index (χ2n) is 2.37. The van der Waals surface area contributed by atoms with Crippen LogP contribution in [0.5, 0.6) is 0 Å². The Balaban J connectivity index is 2.85. The van der Waals surface area contributed by atoms with Gasteiger partial charge in [0.05, 0.1) is 5.52 Å². The summed E-state index contributed by atoms with van der Waals surface area (Å²) in [5.41, 5.74) is 1.59. The number of benzene rings is 1. The molecular formula is C8H5N3S. The number of thiol groups is 1. The smallest absolute Gasteiger partial charge is 0.211 e. The summed E-state index contributed by atoms with van der Waals surface area (Å²) in [7, 11) is 0. The zero-order valence-electron chi connectivity index (χ0n) is 6.07. The summed E-state index contributed by atoms with van der Waals surface area (Å²) in [6.07, 6.45) is 0. The molecule has 0 aliphatic heterocycles. The number of hydrogen-bond acceptors (Lipinski definition) is 3. The van der Waals surface area contributed by atoms with E-state index in [0.717, 1.165) is 15.9 Å². The fraction of sp³-hybridized carbons (Fsp3) is 0. The van der Waals surface area contributed by atoms with Gasteiger partial charge < -0.3 is 4.98 Å². The molecule has 0 bridgehead atoms. The van der Waals surface area contributed by atoms with Crippen LogP contribution in [-0.4, -0.2) is 9.97 Å². The minimum absolute atomic E-state index is 0.325. The van der Waals surface area contributed by atoms with Crippen molar-refractivity contribution in [3.05, 3.63) is 24.0 Å². The zero-order chi connectivity index (χ0) is 8.55. The fourth-order valence-electron chi connectivity index (χ4n) is 1.07. The number of H-pyrrole nitrogens is 1. The number of fused-ring (bicyclic) bond motifs is 1. The molecule has 0 aliphatic carbocycles. The minimum Gasteiger partial charge on any atom is -0.329 e. The Labute approximate surface area is 74.5 Å². The van der Waals surface area contributed by atoms with Crippen LogP contribution in [0.1, 0.15) is 5.82 Å². The first-order chi connectivity index (χ1) is 5.81. The number of imidazole rings is 1. The number of hydrogen-bond donors (Lipinski definition) is 2. The third-order valence-corrected chi connectivity index (χ3v) is 1.96. The monoisotopic (exact) mass is 175 g/mol. The maximum Gasteiger partial charge on any atom is 0.211 e. The molecule has 1 heterocycles. The SMILES string of the molecule is N#Cc1nc2c(S)cccc2[nH]1. The Morgan fingerprint density at radius 2 is 2.33 bits per heavy atom. The summed E-state index contributed by atoms with van der Waals surface area (Å²) in [6.45, 7) is 0. The molecule has 0 atom stereocenters. The molecule has 0 aliphatic rings. The van der Waals surface area contributed by atoms with Gasteiger partial charge >= 0.3 is 0 Å². The second-order valence-corrected chi connectivity index (χ2v) is 2.85. The van der Waals surface area contributed by atoms with Crippen molar-refractivity contribution in [2.24, 2.45) is 0 Å². The number of para-hydroxylation sites is 1. The maximum absolute atomic E-state index is 8.56. The van der Waals surface area contributed by atoms with Crippen molar-refractivity contribution in [2.75, 3.05) is 0 Å². The lowest BCUT2D eigenvalue weighted by molar-refractivity contribution is 1.24. The highest BCUT2D eigenvalue weighted by atomic mass is 32.1. The molecule has 2 rings (SSSR count). The molecule has 58 valence electrons. The van der Waals surface area contributed by atoms with Crippen LogP contribution >= 0.6 is 12.6 Å². The molecule has 0 fully saturated rings. The van der Waals surface area contributed by atoms with E-state index in [1.54, 1.807) is 0 Å². The van der Waals surface area contributed by atoms with Crippen LogP contribution in [0.4, 0.5) is 0 Å². The van der Waals surface area contributed by atoms with Crippen LogP contribution in [-0.2, 0) is 0 Å². The Morgan fingerprint density at radius 3 is 3.00 bits per heavy atom. The van der Waals surface area contributed by atoms with E-state index in [1.807, 2.05) is 24.3 Å². The van der Waals surface area contributed by atoms with Gasteiger partial charge in [-0.2, -0.15) is 5.26 Å². The number of nitrogens with zero attached hydrogens (tertiary/aromatic N) is 2. The molecule has 0 amide bonds. The Kier molecular flexibility index (Phi) is 1.52. The molecule has 1 aromatic heterocycles. The van der Waals surface area contributed by atoms with Crippen LogP contribution in [0.25, 0.3) is 11.0 Å². The summed E-state index contributed by atoms with van der Waals surface area (Å²) < 4.78 is 0. The van der Waals surface area contributed by atoms with Gasteiger partial charge in [0.1, 0.15) is 11.6 Å². The lowest BCUT2D eigenvalue weighted by Gasteiger charge is -1.89. The van der Waals surface area contributed by atoms with Crippen molar-refractivity contribution in [1.82, 2.24) is 9.97 Å². The standard InChI is InChI=1S/C8H5N3S/c9-4-7-10-5-2-1-3-6(12)8(5)11-7/h1-3,12H,(H,10,11). The van der Waals surface area contributed by atoms with E-state index in [9.17, 15) is 0 Å². The number of rotatable bonds is 0. The number of aromatic amines is 1. The average molecular weight is 175 g/mol. The molecule has 1 N–H and O–H groups in total. The maximum atomic E-state index is 8.56. The van der Waals surface area contributed by atoms with Crippen molar-refractivity contribution >= 4 is 23.7 Å². The van der Waals surface area contributed by atoms with Gasteiger partial charge in [0.15, 0.2) is 0 Å². The quantitative estimate of drug-likeness (QED) is 0.599. The van der Waals surface area contributed by atoms with Crippen molar-refractivity contribution in [2.45, 2.75) is 4.90 Å². The predicted molar refractivity (Wildman–Crippen MR) is 48.1 cm³/mol. The summed E-state index contributed by atoms with van der Waals surface area (Å²) in [6, 6.07) is 7.51. The van der Waals surface area contributed by atoms with Gasteiger partial charge in [0, 0.05) is 4.90 Å². The molecule has 2 aromatic rings. The molecule has 1 aromatic carbocycles. The summed E-state index contributed by atoms with van der Waals surface area (Å²) in [5.74, 6) is 0.325. The van der Waals surface area contributed by atoms with E-state index in [4.69, 9.17) is 5.26 Å². The van der Waals surface area contributed by atoms with Crippen molar-refractivity contribution in [3.63, 3.8) is 0 Å². The van der Waals surface area contributed by atoms with E-state index >= 15 is 0 Å². The second kappa shape index (κ2) is 2.54. The number of nitriles is 1. The molecule has 4 heteroatoms. The van der Waals surface area contributed by atoms with Crippen LogP contribution in [0.2, 0.25) is 0 Å². The van der Waals surface area contributed by atoms with Crippen molar-refractivity contribution in [1.29, 1.82) is 5.26 Å². The van der Waals surface area contributed by atoms with Crippen LogP contribution in [0.15, 0.2) is 23.1 Å². The van der Waals surface area contributed by atoms with Gasteiger partial charge in [-0.3, -0.25) is 0 Å². The molecule has 0 unspecified atom stereocenters. The van der Waals surface area contributed by atoms with E-state index < -0.39 is 0 Å². The summed E-state index contributed by atoms with van der Waals surface area (Å²) in [5, 5.41) is 8.56. The van der Waals surface area contributed by atoms with Crippen LogP contribution in [0, 0.1) is 11.3 Å². The third kappa shape index (κ3) is 0.953. The van der Waals surface area contributed by atoms with E-state index in [0.29, 0.717) is 5.82 Å². The Morgan fingerprint density at radius 1 is 1.50 bits per heavy atom. The Bertz CT molecular complexity index is 467. The van der Waals surface area contributed by atoms with Crippen LogP contribution < -0.4 is 0 Å². The molecule has 0 saturated carbocycles. The molecule has 0 spiro atoms. The molecular weight excluding hydrogens is 170 g/mol. The van der Waals surface area contributed by atoms with Gasteiger partial charge in [0.2, 0.25) is 5.82 Å². The first kappa shape index (κ1) is 7.19. The number of nitrogens with one attached hydrogen (secondary N) is 1. The first-order valence-corrected chi connectivity index (χ1v) is 3.84. The molecule has 3 nitrogen and oxygen atoms in total. The lowest BCUT2D eigenvalue weighted by atomic mass is 10.3. The fourth-order valence-corrected chi connectivity index (χ4v) is 1.33. The summed E-state index contributed by atoms with van der Waals surface area (Å²) >= 11 is 4.21. The molecule has 12 heavy (non-hydrogen) atoms. The third-order valence-electron chi connectivity index (χ3n) is 1.60. The normalized spacial score (nSPS) is 10.0. The van der Waals surface area contributed by atoms with Gasteiger partial charge in [-0.05, 0) is 12.1 Å². The highest BCUT2D eigenvalue weighted by Crippen LogP contribution is 2.18. The average Bonchev–Trinajstić information content (AvgIpc) is 2.49. The van der Waals surface area contributed by atoms with Gasteiger partial charge in [0.25, 0.3) is 0 Å². The first-order valence-electron chi connectivity index (χ1n) is 3.39. The van der Waals surface area contributed by atoms with Crippen LogP contribution in [0.3, 0.4) is 0 Å². The predicted octanol–water partition coefficient (Wildman–Crippen LogP) is 1.72. The topological polar surface area (TPSA) is 52.5 Å². The van der Waals surface area contributed by atoms with Gasteiger partial charge in [-0.15, -0.1) is 12.6 Å². The van der Waals surface area contributed by atoms with Gasteiger partial charge in [-0.25, -0.2) is 4.98 Å². The molecule has 0 saturated heterocycles. The minimum atomic E-state index is 0.325. The van der Waals surface area contributed by atoms with Crippen molar-refractivity contribution in [3.8, 4) is 6.07 Å². The van der Waals surface area contributed by atoms with Crippen molar-refractivity contribution < 1.29 is 0 Å².